The Kier molecular flexibility index (Phi) is 5.69. The highest BCUT2D eigenvalue weighted by molar-refractivity contribution is 7.89. The Morgan fingerprint density at radius 1 is 0.971 bits per heavy atom. The topological polar surface area (TPSA) is 84.7 Å². The minimum atomic E-state index is -3.86. The maximum absolute atomic E-state index is 13.2. The molecular formula is C26H23N3O4S. The van der Waals surface area contributed by atoms with Crippen molar-refractivity contribution in [2.45, 2.75) is 17.9 Å². The number of fused-ring (bicyclic) bond motifs is 1. The molecule has 34 heavy (non-hydrogen) atoms. The molecule has 1 aliphatic heterocycles. The van der Waals surface area contributed by atoms with Crippen LogP contribution in [0.5, 0.6) is 5.95 Å². The number of rotatable bonds is 6. The molecule has 0 unspecified atom stereocenters. The van der Waals surface area contributed by atoms with Crippen LogP contribution in [0.1, 0.15) is 28.6 Å². The second-order valence-electron chi connectivity index (χ2n) is 7.92. The summed E-state index contributed by atoms with van der Waals surface area (Å²) in [5, 5.41) is 1.50. The predicted octanol–water partition coefficient (Wildman–Crippen LogP) is 4.93. The first-order valence-electron chi connectivity index (χ1n) is 10.7. The van der Waals surface area contributed by atoms with E-state index >= 15 is 0 Å². The monoisotopic (exact) mass is 473 g/mol. The summed E-state index contributed by atoms with van der Waals surface area (Å²) in [4.78, 5) is 7.59. The van der Waals surface area contributed by atoms with Gasteiger partial charge in [-0.05, 0) is 36.3 Å². The van der Waals surface area contributed by atoms with Crippen LogP contribution in [0.25, 0.3) is 17.3 Å². The highest BCUT2D eigenvalue weighted by atomic mass is 32.2. The van der Waals surface area contributed by atoms with Crippen molar-refractivity contribution in [3.05, 3.63) is 108 Å². The van der Waals surface area contributed by atoms with Crippen molar-refractivity contribution in [3.63, 3.8) is 0 Å². The number of aromatic nitrogens is 1. The molecule has 1 atom stereocenters. The number of aryl methyl sites for hydroxylation is 1. The first-order valence-corrected chi connectivity index (χ1v) is 12.2. The van der Waals surface area contributed by atoms with Crippen molar-refractivity contribution in [2.75, 3.05) is 7.11 Å². The van der Waals surface area contributed by atoms with Crippen LogP contribution < -0.4 is 9.57 Å². The minimum Gasteiger partial charge on any atom is -0.467 e. The van der Waals surface area contributed by atoms with E-state index in [4.69, 9.17) is 14.1 Å². The fourth-order valence-electron chi connectivity index (χ4n) is 3.91. The van der Waals surface area contributed by atoms with Gasteiger partial charge >= 0.3 is 5.95 Å². The number of oxazole rings is 1. The molecule has 0 amide bonds. The lowest BCUT2D eigenvalue weighted by atomic mass is 9.97. The van der Waals surface area contributed by atoms with Crippen LogP contribution in [0, 0.1) is 6.92 Å². The van der Waals surface area contributed by atoms with E-state index < -0.39 is 16.1 Å². The Morgan fingerprint density at radius 3 is 2.41 bits per heavy atom. The number of benzene rings is 3. The van der Waals surface area contributed by atoms with E-state index in [9.17, 15) is 8.42 Å². The van der Waals surface area contributed by atoms with Crippen LogP contribution in [-0.2, 0) is 10.0 Å². The Labute approximate surface area is 198 Å². The van der Waals surface area contributed by atoms with Crippen molar-refractivity contribution < 1.29 is 17.6 Å². The van der Waals surface area contributed by atoms with Gasteiger partial charge in [-0.25, -0.2) is 13.4 Å². The van der Waals surface area contributed by atoms with Gasteiger partial charge in [-0.2, -0.15) is 0 Å². The summed E-state index contributed by atoms with van der Waals surface area (Å²) in [7, 11) is -2.34. The van der Waals surface area contributed by atoms with Crippen molar-refractivity contribution in [1.82, 2.24) is 14.8 Å². The first-order chi connectivity index (χ1) is 16.5. The summed E-state index contributed by atoms with van der Waals surface area (Å²) >= 11 is 0. The number of ether oxygens (including phenoxy) is 1. The van der Waals surface area contributed by atoms with Crippen LogP contribution in [0.15, 0.2) is 94.4 Å². The van der Waals surface area contributed by atoms with Crippen LogP contribution in [-0.4, -0.2) is 25.5 Å². The van der Waals surface area contributed by atoms with Gasteiger partial charge in [-0.15, -0.1) is 4.83 Å². The molecule has 0 saturated carbocycles. The third-order valence-electron chi connectivity index (χ3n) is 5.62. The number of methoxy groups -OCH3 is 1. The first kappa shape index (κ1) is 21.9. The number of hydrazine groups is 1. The Balaban J connectivity index is 1.58. The Morgan fingerprint density at radius 2 is 1.68 bits per heavy atom. The quantitative estimate of drug-likeness (QED) is 0.428. The van der Waals surface area contributed by atoms with E-state index in [1.54, 1.807) is 30.5 Å². The number of nitrogens with zero attached hydrogens (tertiary/aromatic N) is 2. The molecule has 3 aromatic carbocycles. The summed E-state index contributed by atoms with van der Waals surface area (Å²) in [6.45, 7) is 1.91. The average Bonchev–Trinajstić information content (AvgIpc) is 3.28. The summed E-state index contributed by atoms with van der Waals surface area (Å²) < 4.78 is 37.9. The molecule has 0 radical (unpaired) electrons. The molecule has 0 fully saturated rings. The molecule has 1 aromatic heterocycles. The van der Waals surface area contributed by atoms with Gasteiger partial charge in [0, 0.05) is 11.8 Å². The molecule has 7 nitrogen and oxygen atoms in total. The molecule has 8 heteroatoms. The summed E-state index contributed by atoms with van der Waals surface area (Å²) in [5.41, 5.74) is 4.15. The van der Waals surface area contributed by atoms with E-state index in [-0.39, 0.29) is 10.8 Å². The normalized spacial score (nSPS) is 15.2. The average molecular weight is 474 g/mol. The zero-order valence-electron chi connectivity index (χ0n) is 18.7. The van der Waals surface area contributed by atoms with Gasteiger partial charge in [-0.3, -0.25) is 5.01 Å². The van der Waals surface area contributed by atoms with E-state index in [1.807, 2.05) is 67.6 Å². The fraction of sp³-hybridized carbons (Fsp3) is 0.115. The van der Waals surface area contributed by atoms with Gasteiger partial charge in [0.05, 0.1) is 12.0 Å². The number of sulfonamides is 1. The molecular weight excluding hydrogens is 450 g/mol. The molecule has 5 rings (SSSR count). The maximum atomic E-state index is 13.2. The minimum absolute atomic E-state index is 0.166. The van der Waals surface area contributed by atoms with Crippen LogP contribution in [0.4, 0.5) is 0 Å². The second kappa shape index (κ2) is 8.81. The molecule has 1 aliphatic rings. The van der Waals surface area contributed by atoms with Crippen molar-refractivity contribution in [1.29, 1.82) is 0 Å². The van der Waals surface area contributed by atoms with Crippen LogP contribution >= 0.6 is 0 Å². The van der Waals surface area contributed by atoms with Gasteiger partial charge in [-0.1, -0.05) is 72.3 Å². The lowest BCUT2D eigenvalue weighted by Crippen LogP contribution is -2.42. The third-order valence-corrected chi connectivity index (χ3v) is 6.96. The predicted molar refractivity (Wildman–Crippen MR) is 129 cm³/mol. The van der Waals surface area contributed by atoms with Crippen molar-refractivity contribution in [2.24, 2.45) is 0 Å². The molecule has 0 spiro atoms. The maximum Gasteiger partial charge on any atom is 0.313 e. The van der Waals surface area contributed by atoms with Crippen molar-refractivity contribution >= 4 is 16.1 Å². The molecule has 4 aromatic rings. The van der Waals surface area contributed by atoms with Crippen LogP contribution in [0.3, 0.4) is 0 Å². The summed E-state index contributed by atoms with van der Waals surface area (Å²) in [5.74, 6) is 0.564. The number of nitrogens with one attached hydrogen (secondary N) is 1. The third kappa shape index (κ3) is 4.09. The Hall–Kier alpha value is -3.88. The standard InChI is InChI=1S/C26H23N3O4S/c1-18-12-14-21(15-13-18)34(30,31)28-29-17-16-19-8-6-7-11-22(19)24(29)25-27-23(26(32-2)33-25)20-9-4-3-5-10-20/h3-17,24,28H,1-2H3/t24-/m1/s1. The largest absolute Gasteiger partial charge is 0.467 e. The zero-order chi connectivity index (χ0) is 23.7. The van der Waals surface area contributed by atoms with Gasteiger partial charge in [0.25, 0.3) is 10.0 Å². The van der Waals surface area contributed by atoms with E-state index in [1.165, 1.54) is 12.1 Å². The van der Waals surface area contributed by atoms with E-state index in [0.717, 1.165) is 22.3 Å². The number of hydrogen-bond acceptors (Lipinski definition) is 6. The van der Waals surface area contributed by atoms with Gasteiger partial charge in [0.2, 0.25) is 5.89 Å². The fourth-order valence-corrected chi connectivity index (χ4v) is 4.95. The lowest BCUT2D eigenvalue weighted by molar-refractivity contribution is 0.221. The smallest absolute Gasteiger partial charge is 0.313 e. The molecule has 0 saturated heterocycles. The van der Waals surface area contributed by atoms with Gasteiger partial charge in [0.15, 0.2) is 5.69 Å². The highest BCUT2D eigenvalue weighted by Gasteiger charge is 2.34. The van der Waals surface area contributed by atoms with E-state index in [2.05, 4.69) is 4.83 Å². The van der Waals surface area contributed by atoms with Crippen molar-refractivity contribution in [3.8, 4) is 17.2 Å². The molecule has 0 aliphatic carbocycles. The molecule has 172 valence electrons. The SMILES string of the molecule is COc1oc([C@H]2c3ccccc3C=CN2NS(=O)(=O)c2ccc(C)cc2)nc1-c1ccccc1. The molecule has 0 bridgehead atoms. The van der Waals surface area contributed by atoms with Gasteiger partial charge in [0.1, 0.15) is 6.04 Å². The zero-order valence-corrected chi connectivity index (χ0v) is 19.5. The highest BCUT2D eigenvalue weighted by Crippen LogP contribution is 2.39. The number of hydrogen-bond donors (Lipinski definition) is 1. The van der Waals surface area contributed by atoms with Gasteiger partial charge < -0.3 is 9.15 Å². The van der Waals surface area contributed by atoms with Crippen LogP contribution in [0.2, 0.25) is 0 Å². The molecule has 2 heterocycles. The lowest BCUT2D eigenvalue weighted by Gasteiger charge is -2.32. The second-order valence-corrected chi connectivity index (χ2v) is 9.58. The Bertz CT molecular complexity index is 1450. The summed E-state index contributed by atoms with van der Waals surface area (Å²) in [6.07, 6.45) is 3.53. The summed E-state index contributed by atoms with van der Waals surface area (Å²) in [6, 6.07) is 23.3. The van der Waals surface area contributed by atoms with E-state index in [0.29, 0.717) is 11.6 Å². The molecule has 1 N–H and O–H groups in total.